The van der Waals surface area contributed by atoms with Crippen molar-refractivity contribution in [1.29, 1.82) is 0 Å². The minimum absolute atomic E-state index is 0.213. The molecule has 0 aromatic rings. The maximum absolute atomic E-state index is 11.3. The lowest BCUT2D eigenvalue weighted by molar-refractivity contribution is -0.140. The highest BCUT2D eigenvalue weighted by Gasteiger charge is 2.20. The number of carboxylic acid groups (broad SMARTS) is 1. The highest BCUT2D eigenvalue weighted by molar-refractivity contribution is 7.89. The van der Waals surface area contributed by atoms with E-state index in [4.69, 9.17) is 5.11 Å². The molecular formula is C8H17NO4S. The predicted octanol–water partition coefficient (Wildman–Crippen LogP) is 0.282. The molecule has 2 N–H and O–H groups in total. The van der Waals surface area contributed by atoms with E-state index in [1.54, 1.807) is 0 Å². The van der Waals surface area contributed by atoms with Gasteiger partial charge in [-0.05, 0) is 5.92 Å². The Labute approximate surface area is 84.6 Å². The summed E-state index contributed by atoms with van der Waals surface area (Å²) >= 11 is 0. The van der Waals surface area contributed by atoms with Gasteiger partial charge in [0.1, 0.15) is 0 Å². The molecule has 0 saturated carbocycles. The van der Waals surface area contributed by atoms with E-state index in [0.29, 0.717) is 6.54 Å². The van der Waals surface area contributed by atoms with Crippen LogP contribution in [0.4, 0.5) is 0 Å². The molecule has 0 radical (unpaired) electrons. The maximum atomic E-state index is 11.3. The van der Waals surface area contributed by atoms with Gasteiger partial charge in [0, 0.05) is 6.54 Å². The van der Waals surface area contributed by atoms with Crippen LogP contribution in [0, 0.1) is 11.8 Å². The number of hydrogen-bond acceptors (Lipinski definition) is 3. The van der Waals surface area contributed by atoms with Gasteiger partial charge in [0.2, 0.25) is 10.0 Å². The van der Waals surface area contributed by atoms with Crippen molar-refractivity contribution in [2.75, 3.05) is 12.3 Å². The van der Waals surface area contributed by atoms with Crippen LogP contribution in [-0.4, -0.2) is 31.8 Å². The number of sulfonamides is 1. The fourth-order valence-electron chi connectivity index (χ4n) is 0.753. The Balaban J connectivity index is 4.15. The molecule has 0 heterocycles. The summed E-state index contributed by atoms with van der Waals surface area (Å²) in [5.41, 5.74) is 0. The fraction of sp³-hybridized carbons (Fsp3) is 0.875. The van der Waals surface area contributed by atoms with Crippen LogP contribution in [0.1, 0.15) is 20.8 Å². The van der Waals surface area contributed by atoms with E-state index in [1.165, 1.54) is 6.92 Å². The standard InChI is InChI=1S/C8H17NO4S/c1-6(2)4-9-14(12,13)5-7(3)8(10)11/h6-7,9H,4-5H2,1-3H3,(H,10,11). The van der Waals surface area contributed by atoms with Crippen molar-refractivity contribution in [2.45, 2.75) is 20.8 Å². The van der Waals surface area contributed by atoms with Crippen molar-refractivity contribution in [2.24, 2.45) is 11.8 Å². The number of carbonyl (C=O) groups is 1. The Hall–Kier alpha value is -0.620. The molecule has 0 fully saturated rings. The van der Waals surface area contributed by atoms with Crippen LogP contribution in [0.25, 0.3) is 0 Å². The quantitative estimate of drug-likeness (QED) is 0.677. The van der Waals surface area contributed by atoms with Crippen LogP contribution < -0.4 is 4.72 Å². The molecule has 0 aliphatic heterocycles. The molecule has 0 rings (SSSR count). The maximum Gasteiger partial charge on any atom is 0.307 e. The molecule has 1 unspecified atom stereocenters. The highest BCUT2D eigenvalue weighted by Crippen LogP contribution is 2.00. The molecule has 0 spiro atoms. The van der Waals surface area contributed by atoms with Crippen molar-refractivity contribution >= 4 is 16.0 Å². The monoisotopic (exact) mass is 223 g/mol. The largest absolute Gasteiger partial charge is 0.481 e. The molecule has 0 aliphatic carbocycles. The molecule has 14 heavy (non-hydrogen) atoms. The SMILES string of the molecule is CC(C)CNS(=O)(=O)CC(C)C(=O)O. The van der Waals surface area contributed by atoms with Gasteiger partial charge in [0.25, 0.3) is 0 Å². The Morgan fingerprint density at radius 2 is 1.86 bits per heavy atom. The Kier molecular flexibility index (Phi) is 5.07. The van der Waals surface area contributed by atoms with E-state index < -0.39 is 21.9 Å². The number of carboxylic acids is 1. The molecule has 84 valence electrons. The highest BCUT2D eigenvalue weighted by atomic mass is 32.2. The first-order valence-electron chi connectivity index (χ1n) is 4.44. The summed E-state index contributed by atoms with van der Waals surface area (Å²) in [6.45, 7) is 5.47. The van der Waals surface area contributed by atoms with Crippen LogP contribution in [0.15, 0.2) is 0 Å². The summed E-state index contributed by atoms with van der Waals surface area (Å²) in [7, 11) is -3.45. The minimum Gasteiger partial charge on any atom is -0.481 e. The predicted molar refractivity (Wildman–Crippen MR) is 53.4 cm³/mol. The van der Waals surface area contributed by atoms with Crippen molar-refractivity contribution in [3.05, 3.63) is 0 Å². The van der Waals surface area contributed by atoms with E-state index >= 15 is 0 Å². The first-order valence-corrected chi connectivity index (χ1v) is 6.10. The van der Waals surface area contributed by atoms with Crippen molar-refractivity contribution in [3.8, 4) is 0 Å². The second kappa shape index (κ2) is 5.31. The van der Waals surface area contributed by atoms with Gasteiger partial charge in [-0.2, -0.15) is 0 Å². The van der Waals surface area contributed by atoms with Crippen LogP contribution in [0.2, 0.25) is 0 Å². The molecule has 0 bridgehead atoms. The molecule has 0 amide bonds. The lowest BCUT2D eigenvalue weighted by Crippen LogP contribution is -2.33. The third-order valence-electron chi connectivity index (χ3n) is 1.60. The molecular weight excluding hydrogens is 206 g/mol. The van der Waals surface area contributed by atoms with E-state index in [9.17, 15) is 13.2 Å². The molecule has 0 saturated heterocycles. The van der Waals surface area contributed by atoms with Gasteiger partial charge in [0.15, 0.2) is 0 Å². The average Bonchev–Trinajstić information content (AvgIpc) is 2.00. The van der Waals surface area contributed by atoms with E-state index in [0.717, 1.165) is 0 Å². The molecule has 1 atom stereocenters. The summed E-state index contributed by atoms with van der Waals surface area (Å²) in [6, 6.07) is 0. The van der Waals surface area contributed by atoms with Crippen LogP contribution in [0.3, 0.4) is 0 Å². The van der Waals surface area contributed by atoms with Crippen molar-refractivity contribution in [3.63, 3.8) is 0 Å². The summed E-state index contributed by atoms with van der Waals surface area (Å²) in [4.78, 5) is 10.4. The van der Waals surface area contributed by atoms with Crippen molar-refractivity contribution in [1.82, 2.24) is 4.72 Å². The molecule has 0 aromatic carbocycles. The van der Waals surface area contributed by atoms with Crippen LogP contribution in [-0.2, 0) is 14.8 Å². The summed E-state index contributed by atoms with van der Waals surface area (Å²) < 4.78 is 24.9. The second-order valence-corrected chi connectivity index (χ2v) is 5.61. The number of hydrogen-bond donors (Lipinski definition) is 2. The lowest BCUT2D eigenvalue weighted by atomic mass is 10.2. The third-order valence-corrected chi connectivity index (χ3v) is 3.15. The minimum atomic E-state index is -3.45. The van der Waals surface area contributed by atoms with Gasteiger partial charge in [-0.15, -0.1) is 0 Å². The van der Waals surface area contributed by atoms with Crippen molar-refractivity contribution < 1.29 is 18.3 Å². The second-order valence-electron chi connectivity index (χ2n) is 3.76. The van der Waals surface area contributed by atoms with Gasteiger partial charge >= 0.3 is 5.97 Å². The zero-order chi connectivity index (χ0) is 11.4. The van der Waals surface area contributed by atoms with Gasteiger partial charge in [-0.1, -0.05) is 20.8 Å². The molecule has 0 aliphatic rings. The molecule has 6 heteroatoms. The normalized spacial score (nSPS) is 14.3. The summed E-state index contributed by atoms with van der Waals surface area (Å²) in [5, 5.41) is 8.53. The van der Waals surface area contributed by atoms with Crippen LogP contribution in [0.5, 0.6) is 0 Å². The zero-order valence-corrected chi connectivity index (χ0v) is 9.47. The topological polar surface area (TPSA) is 83.5 Å². The van der Waals surface area contributed by atoms with Gasteiger partial charge in [0.05, 0.1) is 11.7 Å². The first-order chi connectivity index (χ1) is 6.24. The number of aliphatic carboxylic acids is 1. The first kappa shape index (κ1) is 13.4. The molecule has 0 aromatic heterocycles. The lowest BCUT2D eigenvalue weighted by Gasteiger charge is -2.10. The number of rotatable bonds is 6. The Morgan fingerprint density at radius 1 is 1.36 bits per heavy atom. The Morgan fingerprint density at radius 3 is 2.21 bits per heavy atom. The van der Waals surface area contributed by atoms with Gasteiger partial charge in [-0.25, -0.2) is 13.1 Å². The number of nitrogens with one attached hydrogen (secondary N) is 1. The summed E-state index contributed by atoms with van der Waals surface area (Å²) in [6.07, 6.45) is 0. The zero-order valence-electron chi connectivity index (χ0n) is 8.65. The summed E-state index contributed by atoms with van der Waals surface area (Å²) in [5.74, 6) is -2.13. The van der Waals surface area contributed by atoms with Crippen LogP contribution >= 0.6 is 0 Å². The van der Waals surface area contributed by atoms with E-state index in [2.05, 4.69) is 4.72 Å². The third kappa shape index (κ3) is 5.93. The molecule has 5 nitrogen and oxygen atoms in total. The van der Waals surface area contributed by atoms with Gasteiger partial charge < -0.3 is 5.11 Å². The fourth-order valence-corrected chi connectivity index (χ4v) is 2.26. The average molecular weight is 223 g/mol. The Bertz CT molecular complexity index is 284. The van der Waals surface area contributed by atoms with E-state index in [-0.39, 0.29) is 11.7 Å². The smallest absolute Gasteiger partial charge is 0.307 e. The van der Waals surface area contributed by atoms with Gasteiger partial charge in [-0.3, -0.25) is 4.79 Å². The van der Waals surface area contributed by atoms with E-state index in [1.807, 2.05) is 13.8 Å².